The van der Waals surface area contributed by atoms with Crippen LogP contribution in [0.1, 0.15) is 34.8 Å². The van der Waals surface area contributed by atoms with Crippen molar-refractivity contribution in [3.8, 4) is 0 Å². The fraction of sp³-hybridized carbons (Fsp3) is 0.375. The number of aryl methyl sites for hydroxylation is 1. The van der Waals surface area contributed by atoms with Crippen molar-refractivity contribution in [1.82, 2.24) is 15.2 Å². The van der Waals surface area contributed by atoms with Gasteiger partial charge in [0.2, 0.25) is 5.91 Å². The molecule has 0 fully saturated rings. The first-order chi connectivity index (χ1) is 10.6. The van der Waals surface area contributed by atoms with Crippen molar-refractivity contribution in [2.24, 2.45) is 7.05 Å². The monoisotopic (exact) mass is 303 g/mol. The molecule has 118 valence electrons. The van der Waals surface area contributed by atoms with Gasteiger partial charge >= 0.3 is 0 Å². The van der Waals surface area contributed by atoms with Crippen LogP contribution in [-0.2, 0) is 18.4 Å². The van der Waals surface area contributed by atoms with Crippen molar-refractivity contribution in [2.75, 3.05) is 6.54 Å². The third-order valence-electron chi connectivity index (χ3n) is 3.55. The highest BCUT2D eigenvalue weighted by Gasteiger charge is 2.08. The quantitative estimate of drug-likeness (QED) is 0.765. The lowest BCUT2D eigenvalue weighted by atomic mass is 10.3. The molecule has 0 saturated heterocycles. The van der Waals surface area contributed by atoms with Gasteiger partial charge in [0, 0.05) is 31.4 Å². The van der Waals surface area contributed by atoms with E-state index in [0.29, 0.717) is 25.9 Å². The molecule has 6 heteroatoms. The SMILES string of the molecule is Cc1ccc(CNC(=O)CCCNC(=O)c2ccco2)n1C. The topological polar surface area (TPSA) is 76.3 Å². The Bertz CT molecular complexity index is 629. The average Bonchev–Trinajstić information content (AvgIpc) is 3.14. The van der Waals surface area contributed by atoms with E-state index in [9.17, 15) is 9.59 Å². The minimum absolute atomic E-state index is 0.0221. The molecule has 0 aromatic carbocycles. The summed E-state index contributed by atoms with van der Waals surface area (Å²) >= 11 is 0. The molecule has 22 heavy (non-hydrogen) atoms. The van der Waals surface area contributed by atoms with Gasteiger partial charge in [0.05, 0.1) is 12.8 Å². The zero-order chi connectivity index (χ0) is 15.9. The van der Waals surface area contributed by atoms with E-state index in [1.165, 1.54) is 6.26 Å². The van der Waals surface area contributed by atoms with Crippen molar-refractivity contribution < 1.29 is 14.0 Å². The van der Waals surface area contributed by atoms with Crippen molar-refractivity contribution in [3.63, 3.8) is 0 Å². The molecule has 2 amide bonds. The van der Waals surface area contributed by atoms with Gasteiger partial charge in [0.15, 0.2) is 5.76 Å². The average molecular weight is 303 g/mol. The Morgan fingerprint density at radius 2 is 2.05 bits per heavy atom. The van der Waals surface area contributed by atoms with Gasteiger partial charge in [0.25, 0.3) is 5.91 Å². The summed E-state index contributed by atoms with van der Waals surface area (Å²) in [7, 11) is 1.97. The van der Waals surface area contributed by atoms with Crippen LogP contribution in [0.2, 0.25) is 0 Å². The highest BCUT2D eigenvalue weighted by Crippen LogP contribution is 2.05. The summed E-state index contributed by atoms with van der Waals surface area (Å²) in [5, 5.41) is 5.59. The molecule has 0 unspecified atom stereocenters. The highest BCUT2D eigenvalue weighted by atomic mass is 16.3. The van der Waals surface area contributed by atoms with Gasteiger partial charge in [0.1, 0.15) is 0 Å². The number of rotatable bonds is 7. The number of carbonyl (C=O) groups excluding carboxylic acids is 2. The lowest BCUT2D eigenvalue weighted by molar-refractivity contribution is -0.121. The van der Waals surface area contributed by atoms with Crippen LogP contribution < -0.4 is 10.6 Å². The number of hydrogen-bond donors (Lipinski definition) is 2. The Balaban J connectivity index is 1.62. The van der Waals surface area contributed by atoms with Gasteiger partial charge in [-0.25, -0.2) is 0 Å². The van der Waals surface area contributed by atoms with Crippen molar-refractivity contribution in [1.29, 1.82) is 0 Å². The summed E-state index contributed by atoms with van der Waals surface area (Å²) in [5.41, 5.74) is 2.22. The molecule has 2 rings (SSSR count). The summed E-state index contributed by atoms with van der Waals surface area (Å²) in [6.45, 7) is 2.98. The van der Waals surface area contributed by atoms with Crippen LogP contribution in [0.5, 0.6) is 0 Å². The first kappa shape index (κ1) is 15.9. The Labute approximate surface area is 129 Å². The minimum atomic E-state index is -0.260. The molecule has 0 saturated carbocycles. The van der Waals surface area contributed by atoms with E-state index in [4.69, 9.17) is 4.42 Å². The third kappa shape index (κ3) is 4.25. The summed E-state index contributed by atoms with van der Waals surface area (Å²) in [6, 6.07) is 7.28. The van der Waals surface area contributed by atoms with Crippen molar-refractivity contribution in [3.05, 3.63) is 47.7 Å². The highest BCUT2D eigenvalue weighted by molar-refractivity contribution is 5.91. The van der Waals surface area contributed by atoms with Gasteiger partial charge < -0.3 is 19.6 Å². The van der Waals surface area contributed by atoms with Gasteiger partial charge in [-0.15, -0.1) is 0 Å². The number of amides is 2. The molecule has 0 radical (unpaired) electrons. The molecule has 2 heterocycles. The molecule has 0 aliphatic rings. The van der Waals surface area contributed by atoms with E-state index in [1.807, 2.05) is 30.7 Å². The van der Waals surface area contributed by atoms with Crippen LogP contribution >= 0.6 is 0 Å². The predicted molar refractivity (Wildman–Crippen MR) is 82.3 cm³/mol. The first-order valence-electron chi connectivity index (χ1n) is 7.27. The molecular weight excluding hydrogens is 282 g/mol. The summed E-state index contributed by atoms with van der Waals surface area (Å²) in [4.78, 5) is 23.3. The standard InChI is InChI=1S/C16H21N3O3/c1-12-7-8-13(19(12)2)11-18-15(20)6-3-9-17-16(21)14-5-4-10-22-14/h4-5,7-8,10H,3,6,9,11H2,1-2H3,(H,17,21)(H,18,20). The maximum absolute atomic E-state index is 11.8. The molecule has 6 nitrogen and oxygen atoms in total. The van der Waals surface area contributed by atoms with Crippen LogP contribution in [0.3, 0.4) is 0 Å². The summed E-state index contributed by atoms with van der Waals surface area (Å²) in [5.74, 6) is -0.000626. The van der Waals surface area contributed by atoms with Gasteiger partial charge in [-0.2, -0.15) is 0 Å². The van der Waals surface area contributed by atoms with E-state index < -0.39 is 0 Å². The smallest absolute Gasteiger partial charge is 0.286 e. The molecule has 0 aliphatic carbocycles. The maximum Gasteiger partial charge on any atom is 0.286 e. The lowest BCUT2D eigenvalue weighted by Gasteiger charge is -2.08. The number of carbonyl (C=O) groups is 2. The van der Waals surface area contributed by atoms with E-state index in [2.05, 4.69) is 10.6 Å². The third-order valence-corrected chi connectivity index (χ3v) is 3.55. The molecular formula is C16H21N3O3. The number of hydrogen-bond acceptors (Lipinski definition) is 3. The van der Waals surface area contributed by atoms with Crippen LogP contribution in [-0.4, -0.2) is 22.9 Å². The van der Waals surface area contributed by atoms with Gasteiger partial charge in [-0.05, 0) is 37.6 Å². The minimum Gasteiger partial charge on any atom is -0.459 e. The zero-order valence-electron chi connectivity index (χ0n) is 12.9. The summed E-state index contributed by atoms with van der Waals surface area (Å²) in [6.07, 6.45) is 2.42. The second-order valence-corrected chi connectivity index (χ2v) is 5.14. The predicted octanol–water partition coefficient (Wildman–Crippen LogP) is 1.75. The maximum atomic E-state index is 11.8. The van der Waals surface area contributed by atoms with Crippen LogP contribution in [0.4, 0.5) is 0 Å². The number of nitrogens with one attached hydrogen (secondary N) is 2. The van der Waals surface area contributed by atoms with Gasteiger partial charge in [-0.3, -0.25) is 9.59 Å². The summed E-state index contributed by atoms with van der Waals surface area (Å²) < 4.78 is 7.03. The van der Waals surface area contributed by atoms with E-state index in [0.717, 1.165) is 11.4 Å². The van der Waals surface area contributed by atoms with Crippen LogP contribution in [0.25, 0.3) is 0 Å². The fourth-order valence-electron chi connectivity index (χ4n) is 2.07. The number of furan rings is 1. The largest absolute Gasteiger partial charge is 0.459 e. The molecule has 2 aromatic heterocycles. The van der Waals surface area contributed by atoms with E-state index in [-0.39, 0.29) is 17.6 Å². The molecule has 0 aliphatic heterocycles. The van der Waals surface area contributed by atoms with Crippen molar-refractivity contribution >= 4 is 11.8 Å². The first-order valence-corrected chi connectivity index (χ1v) is 7.27. The molecule has 0 atom stereocenters. The molecule has 0 spiro atoms. The molecule has 2 aromatic rings. The van der Waals surface area contributed by atoms with E-state index in [1.54, 1.807) is 12.1 Å². The normalized spacial score (nSPS) is 10.5. The Hall–Kier alpha value is -2.50. The Kier molecular flexibility index (Phi) is 5.41. The number of nitrogens with zero attached hydrogens (tertiary/aromatic N) is 1. The van der Waals surface area contributed by atoms with Crippen LogP contribution in [0, 0.1) is 6.92 Å². The second-order valence-electron chi connectivity index (χ2n) is 5.14. The molecule has 0 bridgehead atoms. The lowest BCUT2D eigenvalue weighted by Crippen LogP contribution is -2.27. The zero-order valence-corrected chi connectivity index (χ0v) is 12.9. The Morgan fingerprint density at radius 1 is 1.23 bits per heavy atom. The number of aromatic nitrogens is 1. The van der Waals surface area contributed by atoms with Gasteiger partial charge in [-0.1, -0.05) is 0 Å². The van der Waals surface area contributed by atoms with Crippen LogP contribution in [0.15, 0.2) is 34.9 Å². The van der Waals surface area contributed by atoms with Crippen molar-refractivity contribution in [2.45, 2.75) is 26.3 Å². The fourth-order valence-corrected chi connectivity index (χ4v) is 2.07. The Morgan fingerprint density at radius 3 is 2.68 bits per heavy atom. The second kappa shape index (κ2) is 7.49. The molecule has 2 N–H and O–H groups in total. The van der Waals surface area contributed by atoms with E-state index >= 15 is 0 Å².